The van der Waals surface area contributed by atoms with Gasteiger partial charge in [0, 0.05) is 26.9 Å². The van der Waals surface area contributed by atoms with Crippen LogP contribution in [-0.4, -0.2) is 28.8 Å². The Hall–Kier alpha value is -5.64. The van der Waals surface area contributed by atoms with E-state index in [1.165, 1.54) is 30.0 Å². The summed E-state index contributed by atoms with van der Waals surface area (Å²) in [5.74, 6) is -2.43. The smallest absolute Gasteiger partial charge is 0.335 e. The van der Waals surface area contributed by atoms with Gasteiger partial charge < -0.3 is 21.1 Å². The SMILES string of the molecule is O=C(Nc1ccc(SC(C(=O)Nc2cccc(C(=O)O)c2)c2ccccc2)cc1)/C(=C/c1ccccc1Cl)NC(=O)c1ccccc1. The van der Waals surface area contributed by atoms with Gasteiger partial charge in [0.1, 0.15) is 10.9 Å². The summed E-state index contributed by atoms with van der Waals surface area (Å²) in [7, 11) is 0. The van der Waals surface area contributed by atoms with Gasteiger partial charge in [-0.1, -0.05) is 84.4 Å². The Morgan fingerprint density at radius 1 is 0.681 bits per heavy atom. The quantitative estimate of drug-likeness (QED) is 0.0842. The monoisotopic (exact) mass is 661 g/mol. The summed E-state index contributed by atoms with van der Waals surface area (Å²) in [5, 5.41) is 17.4. The van der Waals surface area contributed by atoms with E-state index in [0.29, 0.717) is 27.5 Å². The van der Waals surface area contributed by atoms with Crippen molar-refractivity contribution in [3.8, 4) is 0 Å². The van der Waals surface area contributed by atoms with E-state index in [9.17, 15) is 24.3 Å². The molecule has 5 rings (SSSR count). The molecule has 3 amide bonds. The molecule has 0 aliphatic heterocycles. The van der Waals surface area contributed by atoms with Crippen LogP contribution in [0.3, 0.4) is 0 Å². The molecule has 0 saturated carbocycles. The van der Waals surface area contributed by atoms with E-state index in [0.717, 1.165) is 10.5 Å². The largest absolute Gasteiger partial charge is 0.478 e. The van der Waals surface area contributed by atoms with Crippen molar-refractivity contribution in [3.05, 3.63) is 166 Å². The zero-order valence-corrected chi connectivity index (χ0v) is 26.3. The van der Waals surface area contributed by atoms with Crippen LogP contribution in [0.2, 0.25) is 5.02 Å². The fraction of sp³-hybridized carbons (Fsp3) is 0.0270. The molecular weight excluding hydrogens is 634 g/mol. The van der Waals surface area contributed by atoms with Gasteiger partial charge in [-0.15, -0.1) is 11.8 Å². The maximum Gasteiger partial charge on any atom is 0.335 e. The molecule has 1 unspecified atom stereocenters. The molecule has 0 aliphatic rings. The first kappa shape index (κ1) is 32.7. The van der Waals surface area contributed by atoms with Gasteiger partial charge in [-0.05, 0) is 77.9 Å². The first-order valence-corrected chi connectivity index (χ1v) is 15.6. The van der Waals surface area contributed by atoms with Gasteiger partial charge in [0.25, 0.3) is 11.8 Å². The molecule has 5 aromatic rings. The summed E-state index contributed by atoms with van der Waals surface area (Å²) in [6.45, 7) is 0. The van der Waals surface area contributed by atoms with Crippen molar-refractivity contribution >= 4 is 64.5 Å². The van der Waals surface area contributed by atoms with Crippen LogP contribution in [0.15, 0.2) is 144 Å². The first-order valence-electron chi connectivity index (χ1n) is 14.4. The lowest BCUT2D eigenvalue weighted by Gasteiger charge is -2.18. The highest BCUT2D eigenvalue weighted by Gasteiger charge is 2.23. The molecule has 234 valence electrons. The number of rotatable bonds is 11. The summed E-state index contributed by atoms with van der Waals surface area (Å²) < 4.78 is 0. The maximum atomic E-state index is 13.5. The zero-order chi connectivity index (χ0) is 33.2. The van der Waals surface area contributed by atoms with Crippen LogP contribution in [-0.2, 0) is 9.59 Å². The number of halogens is 1. The van der Waals surface area contributed by atoms with Gasteiger partial charge in [0.15, 0.2) is 0 Å². The molecule has 10 heteroatoms. The number of aromatic carboxylic acids is 1. The Kier molecular flexibility index (Phi) is 10.9. The van der Waals surface area contributed by atoms with Crippen LogP contribution in [0.5, 0.6) is 0 Å². The molecule has 0 saturated heterocycles. The van der Waals surface area contributed by atoms with Crippen molar-refractivity contribution in [3.63, 3.8) is 0 Å². The lowest BCUT2D eigenvalue weighted by Crippen LogP contribution is -2.30. The van der Waals surface area contributed by atoms with E-state index in [1.807, 2.05) is 30.3 Å². The minimum atomic E-state index is -1.09. The molecule has 0 spiro atoms. The standard InChI is InChI=1S/C37H28ClN3O5S/c38-31-17-8-7-14-26(31)23-32(41-34(42)25-12-5-2-6-13-25)35(43)39-28-18-20-30(21-19-28)47-33(24-10-3-1-4-11-24)36(44)40-29-16-9-15-27(22-29)37(45)46/h1-23,33H,(H,39,43)(H,40,44)(H,41,42)(H,45,46)/b32-23-. The fourth-order valence-electron chi connectivity index (χ4n) is 4.48. The number of carboxylic acid groups (broad SMARTS) is 1. The molecule has 0 aromatic heterocycles. The summed E-state index contributed by atoms with van der Waals surface area (Å²) in [5.41, 5.74) is 2.59. The summed E-state index contributed by atoms with van der Waals surface area (Å²) in [6, 6.07) is 37.7. The second-order valence-electron chi connectivity index (χ2n) is 10.2. The van der Waals surface area contributed by atoms with Gasteiger partial charge in [-0.25, -0.2) is 4.79 Å². The summed E-state index contributed by atoms with van der Waals surface area (Å²) in [4.78, 5) is 52.0. The third-order valence-corrected chi connectivity index (χ3v) is 8.43. The van der Waals surface area contributed by atoms with Crippen molar-refractivity contribution in [1.82, 2.24) is 5.32 Å². The Balaban J connectivity index is 1.33. The number of hydrogen-bond donors (Lipinski definition) is 4. The lowest BCUT2D eigenvalue weighted by molar-refractivity contribution is -0.116. The van der Waals surface area contributed by atoms with Crippen LogP contribution in [0, 0.1) is 0 Å². The number of benzene rings is 5. The van der Waals surface area contributed by atoms with Gasteiger partial charge in [0.2, 0.25) is 5.91 Å². The molecule has 0 fully saturated rings. The lowest BCUT2D eigenvalue weighted by atomic mass is 10.1. The zero-order valence-electron chi connectivity index (χ0n) is 24.7. The average molecular weight is 662 g/mol. The van der Waals surface area contributed by atoms with Crippen LogP contribution >= 0.6 is 23.4 Å². The number of carboxylic acids is 1. The van der Waals surface area contributed by atoms with Crippen molar-refractivity contribution < 1.29 is 24.3 Å². The first-order chi connectivity index (χ1) is 22.8. The highest BCUT2D eigenvalue weighted by molar-refractivity contribution is 8.00. The number of hydrogen-bond acceptors (Lipinski definition) is 5. The van der Waals surface area contributed by atoms with E-state index in [2.05, 4.69) is 16.0 Å². The number of carbonyl (C=O) groups is 4. The Bertz CT molecular complexity index is 1930. The van der Waals surface area contributed by atoms with Gasteiger partial charge in [0.05, 0.1) is 5.56 Å². The minimum absolute atomic E-state index is 0.00168. The Labute approximate surface area is 280 Å². The van der Waals surface area contributed by atoms with E-state index < -0.39 is 23.0 Å². The van der Waals surface area contributed by atoms with Crippen molar-refractivity contribution in [2.45, 2.75) is 10.1 Å². The molecule has 1 atom stereocenters. The minimum Gasteiger partial charge on any atom is -0.478 e. The van der Waals surface area contributed by atoms with Gasteiger partial charge in [-0.3, -0.25) is 14.4 Å². The molecule has 0 bridgehead atoms. The van der Waals surface area contributed by atoms with Crippen LogP contribution in [0.1, 0.15) is 37.1 Å². The highest BCUT2D eigenvalue weighted by Crippen LogP contribution is 2.37. The van der Waals surface area contributed by atoms with E-state index in [-0.39, 0.29) is 17.2 Å². The molecule has 0 heterocycles. The summed E-state index contributed by atoms with van der Waals surface area (Å²) >= 11 is 7.63. The fourth-order valence-corrected chi connectivity index (χ4v) is 5.69. The number of anilines is 2. The van der Waals surface area contributed by atoms with E-state index in [4.69, 9.17) is 11.6 Å². The number of nitrogens with one attached hydrogen (secondary N) is 3. The normalized spacial score (nSPS) is 11.6. The van der Waals surface area contributed by atoms with Gasteiger partial charge >= 0.3 is 5.97 Å². The molecule has 47 heavy (non-hydrogen) atoms. The second kappa shape index (κ2) is 15.6. The number of thioether (sulfide) groups is 1. The molecule has 0 radical (unpaired) electrons. The number of carbonyl (C=O) groups excluding carboxylic acids is 3. The Morgan fingerprint density at radius 3 is 2.00 bits per heavy atom. The molecule has 8 nitrogen and oxygen atoms in total. The number of amides is 3. The third-order valence-electron chi connectivity index (χ3n) is 6.82. The predicted octanol–water partition coefficient (Wildman–Crippen LogP) is 7.92. The van der Waals surface area contributed by atoms with Crippen molar-refractivity contribution in [1.29, 1.82) is 0 Å². The van der Waals surface area contributed by atoms with E-state index in [1.54, 1.807) is 91.0 Å². The van der Waals surface area contributed by atoms with Crippen LogP contribution in [0.4, 0.5) is 11.4 Å². The maximum absolute atomic E-state index is 13.5. The predicted molar refractivity (Wildman–Crippen MR) is 185 cm³/mol. The second-order valence-corrected chi connectivity index (χ2v) is 11.7. The molecule has 5 aromatic carbocycles. The van der Waals surface area contributed by atoms with Crippen molar-refractivity contribution in [2.75, 3.05) is 10.6 Å². The molecule has 4 N–H and O–H groups in total. The van der Waals surface area contributed by atoms with Crippen LogP contribution in [0.25, 0.3) is 6.08 Å². The van der Waals surface area contributed by atoms with Crippen LogP contribution < -0.4 is 16.0 Å². The van der Waals surface area contributed by atoms with E-state index >= 15 is 0 Å². The average Bonchev–Trinajstić information content (AvgIpc) is 3.09. The highest BCUT2D eigenvalue weighted by atomic mass is 35.5. The molecular formula is C37H28ClN3O5S. The van der Waals surface area contributed by atoms with Gasteiger partial charge in [-0.2, -0.15) is 0 Å². The Morgan fingerprint density at radius 2 is 1.32 bits per heavy atom. The third kappa shape index (κ3) is 8.97. The topological polar surface area (TPSA) is 125 Å². The summed E-state index contributed by atoms with van der Waals surface area (Å²) in [6.07, 6.45) is 1.51. The molecule has 0 aliphatic carbocycles. The van der Waals surface area contributed by atoms with Crippen molar-refractivity contribution in [2.24, 2.45) is 0 Å².